The van der Waals surface area contributed by atoms with Crippen LogP contribution in [-0.2, 0) is 4.79 Å². The highest BCUT2D eigenvalue weighted by Crippen LogP contribution is 2.18. The van der Waals surface area contributed by atoms with Crippen LogP contribution in [0.4, 0.5) is 0 Å². The summed E-state index contributed by atoms with van der Waals surface area (Å²) in [4.78, 5) is 11.0. The molecule has 0 unspecified atom stereocenters. The van der Waals surface area contributed by atoms with Crippen LogP contribution in [0.5, 0.6) is 0 Å². The van der Waals surface area contributed by atoms with Gasteiger partial charge in [0.1, 0.15) is 0 Å². The Labute approximate surface area is 89.6 Å². The fourth-order valence-corrected chi connectivity index (χ4v) is 1.09. The first kappa shape index (κ1) is 11.2. The first-order valence-corrected chi connectivity index (χ1v) is 5.17. The molecule has 0 bridgehead atoms. The Hall–Kier alpha value is -0.840. The normalized spacial score (nSPS) is 16.1. The van der Waals surface area contributed by atoms with Crippen molar-refractivity contribution >= 4 is 23.2 Å². The maximum absolute atomic E-state index is 11.0. The van der Waals surface area contributed by atoms with Crippen LogP contribution in [-0.4, -0.2) is 23.6 Å². The molecule has 0 radical (unpaired) electrons. The van der Waals surface area contributed by atoms with Gasteiger partial charge in [-0.2, -0.15) is 0 Å². The summed E-state index contributed by atoms with van der Waals surface area (Å²) in [6.07, 6.45) is 2.36. The molecule has 1 fully saturated rings. The molecule has 5 heteroatoms. The third-order valence-electron chi connectivity index (χ3n) is 2.27. The third kappa shape index (κ3) is 3.49. The van der Waals surface area contributed by atoms with Gasteiger partial charge in [0.25, 0.3) is 0 Å². The lowest BCUT2D eigenvalue weighted by molar-refractivity contribution is -0.125. The highest BCUT2D eigenvalue weighted by atomic mass is 32.1. The van der Waals surface area contributed by atoms with Crippen LogP contribution < -0.4 is 16.4 Å². The van der Waals surface area contributed by atoms with Crippen LogP contribution in [0.15, 0.2) is 0 Å². The van der Waals surface area contributed by atoms with Crippen molar-refractivity contribution in [2.75, 3.05) is 6.54 Å². The fraction of sp³-hybridized carbons (Fsp3) is 0.778. The fourth-order valence-electron chi connectivity index (χ4n) is 0.852. The molecular weight excluding hydrogens is 198 g/mol. The number of thiocarbonyl (C=S) groups is 1. The molecule has 4 N–H and O–H groups in total. The van der Waals surface area contributed by atoms with E-state index in [0.717, 1.165) is 0 Å². The van der Waals surface area contributed by atoms with Crippen LogP contribution in [0.1, 0.15) is 26.7 Å². The summed E-state index contributed by atoms with van der Waals surface area (Å²) in [5.74, 6) is -0.320. The van der Waals surface area contributed by atoms with Gasteiger partial charge in [-0.25, -0.2) is 0 Å². The molecule has 0 aromatic rings. The van der Waals surface area contributed by atoms with Crippen molar-refractivity contribution in [3.05, 3.63) is 0 Å². The van der Waals surface area contributed by atoms with E-state index in [1.165, 1.54) is 12.8 Å². The molecule has 0 heterocycles. The summed E-state index contributed by atoms with van der Waals surface area (Å²) in [5.41, 5.74) is 4.67. The van der Waals surface area contributed by atoms with E-state index in [-0.39, 0.29) is 5.91 Å². The Morgan fingerprint density at radius 3 is 2.57 bits per heavy atom. The first-order valence-electron chi connectivity index (χ1n) is 4.76. The number of carbonyl (C=O) groups is 1. The van der Waals surface area contributed by atoms with Gasteiger partial charge in [-0.05, 0) is 38.9 Å². The van der Waals surface area contributed by atoms with Gasteiger partial charge < -0.3 is 16.4 Å². The maximum atomic E-state index is 11.0. The van der Waals surface area contributed by atoms with E-state index in [9.17, 15) is 4.79 Å². The Balaban J connectivity index is 2.24. The molecule has 1 aliphatic carbocycles. The zero-order valence-corrected chi connectivity index (χ0v) is 9.41. The molecule has 1 aliphatic rings. The quantitative estimate of drug-likeness (QED) is 0.583. The van der Waals surface area contributed by atoms with E-state index < -0.39 is 5.41 Å². The summed E-state index contributed by atoms with van der Waals surface area (Å²) in [6, 6.07) is 0.534. The summed E-state index contributed by atoms with van der Waals surface area (Å²) >= 11 is 5.05. The number of primary amides is 1. The van der Waals surface area contributed by atoms with E-state index in [4.69, 9.17) is 18.0 Å². The predicted octanol–water partition coefficient (Wildman–Crippen LogP) is 0.124. The largest absolute Gasteiger partial charge is 0.369 e. The van der Waals surface area contributed by atoms with Crippen LogP contribution >= 0.6 is 12.2 Å². The van der Waals surface area contributed by atoms with Crippen molar-refractivity contribution in [1.29, 1.82) is 0 Å². The summed E-state index contributed by atoms with van der Waals surface area (Å²) in [6.45, 7) is 4.06. The lowest BCUT2D eigenvalue weighted by Crippen LogP contribution is -2.46. The monoisotopic (exact) mass is 215 g/mol. The predicted molar refractivity (Wildman–Crippen MR) is 59.7 cm³/mol. The molecule has 80 valence electrons. The first-order chi connectivity index (χ1) is 6.42. The molecular formula is C9H17N3OS. The van der Waals surface area contributed by atoms with Crippen LogP contribution in [0.2, 0.25) is 0 Å². The number of nitrogens with one attached hydrogen (secondary N) is 2. The van der Waals surface area contributed by atoms with Crippen molar-refractivity contribution < 1.29 is 4.79 Å². The van der Waals surface area contributed by atoms with Crippen LogP contribution in [0.25, 0.3) is 0 Å². The molecule has 14 heavy (non-hydrogen) atoms. The standard InChI is InChI=1S/C9H17N3OS/c1-9(2,7(10)13)5-11-8(14)12-6-3-4-6/h6H,3-5H2,1-2H3,(H2,10,13)(H2,11,12,14). The molecule has 0 aliphatic heterocycles. The zero-order chi connectivity index (χ0) is 10.8. The Kier molecular flexibility index (Phi) is 3.31. The topological polar surface area (TPSA) is 67.2 Å². The lowest BCUT2D eigenvalue weighted by atomic mass is 9.93. The second-order valence-electron chi connectivity index (χ2n) is 4.35. The van der Waals surface area contributed by atoms with Crippen molar-refractivity contribution in [1.82, 2.24) is 10.6 Å². The third-order valence-corrected chi connectivity index (χ3v) is 2.53. The number of nitrogens with two attached hydrogens (primary N) is 1. The summed E-state index contributed by atoms with van der Waals surface area (Å²) < 4.78 is 0. The number of hydrogen-bond donors (Lipinski definition) is 3. The van der Waals surface area contributed by atoms with Gasteiger partial charge in [-0.15, -0.1) is 0 Å². The molecule has 0 spiro atoms. The van der Waals surface area contributed by atoms with Gasteiger partial charge in [-0.3, -0.25) is 4.79 Å². The number of rotatable bonds is 4. The van der Waals surface area contributed by atoms with Gasteiger partial charge in [0.15, 0.2) is 5.11 Å². The molecule has 0 aromatic heterocycles. The molecule has 1 rings (SSSR count). The molecule has 0 atom stereocenters. The highest BCUT2D eigenvalue weighted by molar-refractivity contribution is 7.80. The van der Waals surface area contributed by atoms with Crippen molar-refractivity contribution in [3.63, 3.8) is 0 Å². The molecule has 1 amide bonds. The van der Waals surface area contributed by atoms with Crippen molar-refractivity contribution in [2.45, 2.75) is 32.7 Å². The minimum absolute atomic E-state index is 0.320. The highest BCUT2D eigenvalue weighted by Gasteiger charge is 2.26. The van der Waals surface area contributed by atoms with E-state index in [2.05, 4.69) is 10.6 Å². The molecule has 0 saturated heterocycles. The Morgan fingerprint density at radius 1 is 1.57 bits per heavy atom. The lowest BCUT2D eigenvalue weighted by Gasteiger charge is -2.21. The maximum Gasteiger partial charge on any atom is 0.224 e. The van der Waals surface area contributed by atoms with Gasteiger partial charge in [-0.1, -0.05) is 0 Å². The second-order valence-corrected chi connectivity index (χ2v) is 4.76. The average Bonchev–Trinajstić information content (AvgIpc) is 2.85. The van der Waals surface area contributed by atoms with Gasteiger partial charge in [0.2, 0.25) is 5.91 Å². The molecule has 4 nitrogen and oxygen atoms in total. The van der Waals surface area contributed by atoms with Gasteiger partial charge in [0.05, 0.1) is 5.41 Å². The molecule has 1 saturated carbocycles. The number of amides is 1. The van der Waals surface area contributed by atoms with Crippen LogP contribution in [0, 0.1) is 5.41 Å². The zero-order valence-electron chi connectivity index (χ0n) is 8.59. The van der Waals surface area contributed by atoms with Gasteiger partial charge in [0, 0.05) is 12.6 Å². The number of carbonyl (C=O) groups excluding carboxylic acids is 1. The second kappa shape index (κ2) is 4.13. The SMILES string of the molecule is CC(C)(CNC(=S)NC1CC1)C(N)=O. The summed E-state index contributed by atoms with van der Waals surface area (Å²) in [5, 5.41) is 6.74. The number of hydrogen-bond acceptors (Lipinski definition) is 2. The van der Waals surface area contributed by atoms with E-state index in [1.807, 2.05) is 0 Å². The van der Waals surface area contributed by atoms with Crippen LogP contribution in [0.3, 0.4) is 0 Å². The van der Waals surface area contributed by atoms with Gasteiger partial charge >= 0.3 is 0 Å². The van der Waals surface area contributed by atoms with Crippen molar-refractivity contribution in [3.8, 4) is 0 Å². The Morgan fingerprint density at radius 2 is 2.14 bits per heavy atom. The van der Waals surface area contributed by atoms with E-state index in [1.54, 1.807) is 13.8 Å². The van der Waals surface area contributed by atoms with Crippen molar-refractivity contribution in [2.24, 2.45) is 11.1 Å². The van der Waals surface area contributed by atoms with E-state index in [0.29, 0.717) is 17.7 Å². The minimum Gasteiger partial charge on any atom is -0.369 e. The summed E-state index contributed by atoms with van der Waals surface area (Å²) in [7, 11) is 0. The average molecular weight is 215 g/mol. The Bertz CT molecular complexity index is 248. The van der Waals surface area contributed by atoms with E-state index >= 15 is 0 Å². The molecule has 0 aromatic carbocycles. The smallest absolute Gasteiger partial charge is 0.224 e. The minimum atomic E-state index is -0.560.